The zero-order valence-corrected chi connectivity index (χ0v) is 18.0. The molecular formula is C23H23N3O4S. The predicted molar refractivity (Wildman–Crippen MR) is 119 cm³/mol. The summed E-state index contributed by atoms with van der Waals surface area (Å²) in [5.74, 6) is 0.921. The highest BCUT2D eigenvalue weighted by molar-refractivity contribution is 7.92. The maximum Gasteiger partial charge on any atom is 0.261 e. The summed E-state index contributed by atoms with van der Waals surface area (Å²) in [7, 11) is -3.65. The number of sulfonamides is 1. The number of ether oxygens (including phenoxy) is 1. The van der Waals surface area contributed by atoms with Crippen molar-refractivity contribution in [3.8, 4) is 11.6 Å². The van der Waals surface area contributed by atoms with Gasteiger partial charge in [-0.1, -0.05) is 32.0 Å². The van der Waals surface area contributed by atoms with Crippen molar-refractivity contribution >= 4 is 27.3 Å². The first-order chi connectivity index (χ1) is 14.7. The van der Waals surface area contributed by atoms with E-state index in [-0.39, 0.29) is 22.1 Å². The van der Waals surface area contributed by atoms with Crippen molar-refractivity contribution in [1.82, 2.24) is 4.98 Å². The van der Waals surface area contributed by atoms with Crippen LogP contribution in [-0.4, -0.2) is 19.3 Å². The molecule has 160 valence electrons. The second-order valence-corrected chi connectivity index (χ2v) is 9.85. The van der Waals surface area contributed by atoms with Gasteiger partial charge in [0.2, 0.25) is 11.8 Å². The molecule has 2 N–H and O–H groups in total. The number of carbonyl (C=O) groups excluding carboxylic acids is 1. The van der Waals surface area contributed by atoms with Gasteiger partial charge in [0.25, 0.3) is 10.0 Å². The Kier molecular flexibility index (Phi) is 5.41. The molecule has 7 nitrogen and oxygen atoms in total. The summed E-state index contributed by atoms with van der Waals surface area (Å²) in [4.78, 5) is 16.6. The number of nitrogens with one attached hydrogen (secondary N) is 2. The number of nitrogens with zero attached hydrogens (tertiary/aromatic N) is 1. The SMILES string of the molecule is CC1(C)CC1C(=O)Nc1ccc(Oc2ccc(NS(=O)(=O)c3ccccc3)cc2)nc1. The van der Waals surface area contributed by atoms with Crippen molar-refractivity contribution in [2.75, 3.05) is 10.0 Å². The van der Waals surface area contributed by atoms with E-state index >= 15 is 0 Å². The van der Waals surface area contributed by atoms with Gasteiger partial charge in [-0.2, -0.15) is 0 Å². The molecule has 2 aromatic carbocycles. The lowest BCUT2D eigenvalue weighted by Crippen LogP contribution is -2.16. The molecule has 0 saturated heterocycles. The number of carbonyl (C=O) groups is 1. The fourth-order valence-corrected chi connectivity index (χ4v) is 4.26. The quantitative estimate of drug-likeness (QED) is 0.560. The van der Waals surface area contributed by atoms with Gasteiger partial charge in [0.15, 0.2) is 0 Å². The first-order valence-electron chi connectivity index (χ1n) is 9.86. The third kappa shape index (κ3) is 5.03. The van der Waals surface area contributed by atoms with Crippen LogP contribution in [0.25, 0.3) is 0 Å². The van der Waals surface area contributed by atoms with Crippen molar-refractivity contribution < 1.29 is 17.9 Å². The van der Waals surface area contributed by atoms with Crippen LogP contribution in [0.1, 0.15) is 20.3 Å². The molecule has 8 heteroatoms. The van der Waals surface area contributed by atoms with Gasteiger partial charge >= 0.3 is 0 Å². The van der Waals surface area contributed by atoms with E-state index in [2.05, 4.69) is 28.9 Å². The number of benzene rings is 2. The van der Waals surface area contributed by atoms with Crippen LogP contribution in [0.5, 0.6) is 11.6 Å². The number of anilines is 2. The highest BCUT2D eigenvalue weighted by Gasteiger charge is 2.50. The Morgan fingerprint density at radius 2 is 1.65 bits per heavy atom. The van der Waals surface area contributed by atoms with Crippen LogP contribution >= 0.6 is 0 Å². The average Bonchev–Trinajstić information content (AvgIpc) is 3.40. The average molecular weight is 438 g/mol. The molecule has 1 unspecified atom stereocenters. The minimum atomic E-state index is -3.65. The topological polar surface area (TPSA) is 97.4 Å². The minimum absolute atomic E-state index is 0.00834. The first-order valence-corrected chi connectivity index (χ1v) is 11.3. The van der Waals surface area contributed by atoms with E-state index in [4.69, 9.17) is 4.74 Å². The van der Waals surface area contributed by atoms with Crippen LogP contribution in [0.2, 0.25) is 0 Å². The van der Waals surface area contributed by atoms with Crippen LogP contribution in [0, 0.1) is 11.3 Å². The van der Waals surface area contributed by atoms with Crippen molar-refractivity contribution in [3.05, 3.63) is 72.9 Å². The molecule has 1 aliphatic rings. The Bertz CT molecular complexity index is 1180. The molecule has 1 amide bonds. The van der Waals surface area contributed by atoms with Gasteiger partial charge in [0.05, 0.1) is 16.8 Å². The van der Waals surface area contributed by atoms with Crippen LogP contribution in [-0.2, 0) is 14.8 Å². The monoisotopic (exact) mass is 437 g/mol. The molecule has 0 radical (unpaired) electrons. The van der Waals surface area contributed by atoms with Gasteiger partial charge in [-0.3, -0.25) is 9.52 Å². The predicted octanol–water partition coefficient (Wildman–Crippen LogP) is 4.66. The van der Waals surface area contributed by atoms with Crippen LogP contribution in [0.3, 0.4) is 0 Å². The molecule has 1 saturated carbocycles. The summed E-state index contributed by atoms with van der Waals surface area (Å²) in [6.07, 6.45) is 2.44. The van der Waals surface area contributed by atoms with Crippen molar-refractivity contribution in [1.29, 1.82) is 0 Å². The maximum absolute atomic E-state index is 12.4. The van der Waals surface area contributed by atoms with E-state index < -0.39 is 10.0 Å². The molecule has 0 spiro atoms. The summed E-state index contributed by atoms with van der Waals surface area (Å²) >= 11 is 0. The van der Waals surface area contributed by atoms with Crippen LogP contribution in [0.4, 0.5) is 11.4 Å². The van der Waals surface area contributed by atoms with Crippen LogP contribution < -0.4 is 14.8 Å². The summed E-state index contributed by atoms with van der Waals surface area (Å²) < 4.78 is 33.0. The number of rotatable bonds is 7. The lowest BCUT2D eigenvalue weighted by molar-refractivity contribution is -0.118. The summed E-state index contributed by atoms with van der Waals surface area (Å²) in [6.45, 7) is 4.15. The molecule has 4 rings (SSSR count). The van der Waals surface area contributed by atoms with Gasteiger partial charge in [0.1, 0.15) is 5.75 Å². The Labute approximate surface area is 181 Å². The fraction of sp³-hybridized carbons (Fsp3) is 0.217. The van der Waals surface area contributed by atoms with E-state index in [1.807, 2.05) is 0 Å². The molecular weight excluding hydrogens is 414 g/mol. The van der Waals surface area contributed by atoms with E-state index in [0.29, 0.717) is 23.0 Å². The number of hydrogen-bond acceptors (Lipinski definition) is 5. The summed E-state index contributed by atoms with van der Waals surface area (Å²) in [5.41, 5.74) is 1.11. The number of aromatic nitrogens is 1. The molecule has 1 heterocycles. The van der Waals surface area contributed by atoms with Crippen molar-refractivity contribution in [2.24, 2.45) is 11.3 Å². The molecule has 1 atom stereocenters. The number of hydrogen-bond donors (Lipinski definition) is 2. The van der Waals surface area contributed by atoms with E-state index in [1.54, 1.807) is 60.8 Å². The normalized spacial score (nSPS) is 16.9. The number of amides is 1. The standard InChI is InChI=1S/C23H23N3O4S/c1-23(2)14-20(23)22(27)25-17-10-13-21(24-15-17)30-18-11-8-16(9-12-18)26-31(28,29)19-6-4-3-5-7-19/h3-13,15,20,26H,14H2,1-2H3,(H,25,27). The first kappa shape index (κ1) is 20.9. The Morgan fingerprint density at radius 1 is 1.00 bits per heavy atom. The van der Waals surface area contributed by atoms with E-state index in [1.165, 1.54) is 12.1 Å². The molecule has 1 fully saturated rings. The Hall–Kier alpha value is -3.39. The van der Waals surface area contributed by atoms with Crippen molar-refractivity contribution in [2.45, 2.75) is 25.2 Å². The number of pyridine rings is 1. The highest BCUT2D eigenvalue weighted by atomic mass is 32.2. The third-order valence-corrected chi connectivity index (χ3v) is 6.61. The third-order valence-electron chi connectivity index (χ3n) is 5.22. The van der Waals surface area contributed by atoms with Gasteiger partial charge in [-0.15, -0.1) is 0 Å². The van der Waals surface area contributed by atoms with Crippen molar-refractivity contribution in [3.63, 3.8) is 0 Å². The zero-order valence-electron chi connectivity index (χ0n) is 17.2. The molecule has 3 aromatic rings. The zero-order chi connectivity index (χ0) is 22.1. The van der Waals surface area contributed by atoms with Gasteiger partial charge in [-0.25, -0.2) is 13.4 Å². The lowest BCUT2D eigenvalue weighted by Gasteiger charge is -2.10. The molecule has 0 bridgehead atoms. The van der Waals surface area contributed by atoms with Gasteiger partial charge in [0, 0.05) is 17.7 Å². The lowest BCUT2D eigenvalue weighted by atomic mass is 10.1. The highest BCUT2D eigenvalue weighted by Crippen LogP contribution is 2.52. The smallest absolute Gasteiger partial charge is 0.261 e. The van der Waals surface area contributed by atoms with Gasteiger partial charge < -0.3 is 10.1 Å². The van der Waals surface area contributed by atoms with E-state index in [0.717, 1.165) is 6.42 Å². The largest absolute Gasteiger partial charge is 0.439 e. The second-order valence-electron chi connectivity index (χ2n) is 8.16. The minimum Gasteiger partial charge on any atom is -0.439 e. The second kappa shape index (κ2) is 8.03. The summed E-state index contributed by atoms with van der Waals surface area (Å²) in [5, 5.41) is 2.87. The van der Waals surface area contributed by atoms with Gasteiger partial charge in [-0.05, 0) is 54.3 Å². The summed E-state index contributed by atoms with van der Waals surface area (Å²) in [6, 6.07) is 18.1. The van der Waals surface area contributed by atoms with E-state index in [9.17, 15) is 13.2 Å². The fourth-order valence-electron chi connectivity index (χ4n) is 3.18. The van der Waals surface area contributed by atoms with Crippen LogP contribution in [0.15, 0.2) is 77.8 Å². The molecule has 0 aliphatic heterocycles. The Morgan fingerprint density at radius 3 is 2.23 bits per heavy atom. The Balaban J connectivity index is 1.35. The maximum atomic E-state index is 12.4. The molecule has 1 aromatic heterocycles. The molecule has 31 heavy (non-hydrogen) atoms. The molecule has 1 aliphatic carbocycles.